The number of tetrazole rings is 1. The number of β-lactam (4-membered cyclic amide) rings is 1. The Hall–Kier alpha value is -3.73. The van der Waals surface area contributed by atoms with Crippen LogP contribution in [-0.4, -0.2) is 107 Å². The summed E-state index contributed by atoms with van der Waals surface area (Å²) in [5.41, 5.74) is -2.38. The molecule has 2 aliphatic heterocycles. The van der Waals surface area contributed by atoms with Crippen LogP contribution in [0.3, 0.4) is 0 Å². The molecule has 1 fully saturated rings. The van der Waals surface area contributed by atoms with Crippen LogP contribution in [0.4, 0.5) is 0 Å². The van der Waals surface area contributed by atoms with Crippen molar-refractivity contribution in [3.63, 3.8) is 0 Å². The van der Waals surface area contributed by atoms with Gasteiger partial charge >= 0.3 is 17.9 Å². The van der Waals surface area contributed by atoms with Crippen molar-refractivity contribution in [3.05, 3.63) is 23.5 Å². The van der Waals surface area contributed by atoms with E-state index in [9.17, 15) is 33.9 Å². The number of carbonyl (C=O) groups excluding carboxylic acids is 5. The van der Waals surface area contributed by atoms with Crippen LogP contribution in [0.5, 0.6) is 0 Å². The Kier molecular flexibility index (Phi) is 11.0. The summed E-state index contributed by atoms with van der Waals surface area (Å²) in [5.74, 6) is -4.89. The number of ether oxygens (including phenoxy) is 2. The molecule has 15 nitrogen and oxygen atoms in total. The molecule has 17 heteroatoms. The summed E-state index contributed by atoms with van der Waals surface area (Å²) in [5, 5.41) is 21.2. The van der Waals surface area contributed by atoms with Crippen LogP contribution in [-0.2, 0) is 45.3 Å². The summed E-state index contributed by atoms with van der Waals surface area (Å²) >= 11 is 2.46. The first-order valence-electron chi connectivity index (χ1n) is 12.7. The van der Waals surface area contributed by atoms with Gasteiger partial charge in [-0.3, -0.25) is 14.5 Å². The molecule has 0 radical (unpaired) electrons. The Labute approximate surface area is 243 Å². The van der Waals surface area contributed by atoms with E-state index in [4.69, 9.17) is 9.47 Å². The maximum absolute atomic E-state index is 13.6. The van der Waals surface area contributed by atoms with E-state index in [0.29, 0.717) is 34.3 Å². The molecule has 0 bridgehead atoms. The summed E-state index contributed by atoms with van der Waals surface area (Å²) in [6.07, 6.45) is 3.47. The lowest BCUT2D eigenvalue weighted by atomic mass is 9.85. The number of carboxylic acids is 1. The van der Waals surface area contributed by atoms with Crippen LogP contribution >= 0.6 is 23.5 Å². The Balaban J connectivity index is 2.00. The van der Waals surface area contributed by atoms with Gasteiger partial charge in [-0.05, 0) is 42.7 Å². The minimum absolute atomic E-state index is 0.111. The summed E-state index contributed by atoms with van der Waals surface area (Å²) in [7, 11) is 1.68. The van der Waals surface area contributed by atoms with Gasteiger partial charge in [0.2, 0.25) is 11.1 Å². The number of aliphatic carboxylic acids is 1. The van der Waals surface area contributed by atoms with Crippen molar-refractivity contribution in [1.29, 1.82) is 0 Å². The monoisotopic (exact) mass is 610 g/mol. The molecule has 3 heterocycles. The quantitative estimate of drug-likeness (QED) is 0.0422. The molecule has 1 unspecified atom stereocenters. The Bertz CT molecular complexity index is 1250. The molecule has 41 heavy (non-hydrogen) atoms. The third-order valence-electron chi connectivity index (χ3n) is 6.07. The van der Waals surface area contributed by atoms with Gasteiger partial charge in [-0.25, -0.2) is 19.1 Å². The number of esters is 2. The lowest BCUT2D eigenvalue weighted by molar-refractivity contribution is -0.181. The van der Waals surface area contributed by atoms with Crippen molar-refractivity contribution in [3.8, 4) is 0 Å². The minimum Gasteiger partial charge on any atom is -0.479 e. The minimum atomic E-state index is -2.45. The van der Waals surface area contributed by atoms with Gasteiger partial charge in [0.15, 0.2) is 5.57 Å². The molecular weight excluding hydrogens is 580 g/mol. The number of fused-ring (bicyclic) bond motifs is 1. The van der Waals surface area contributed by atoms with Crippen molar-refractivity contribution in [2.45, 2.75) is 55.6 Å². The number of carboxylic acid groups (broad SMARTS) is 1. The number of aryl methyl sites for hydroxylation is 1. The van der Waals surface area contributed by atoms with Crippen LogP contribution in [0.25, 0.3) is 0 Å². The molecular formula is C24H30N6O9S2. The van der Waals surface area contributed by atoms with Gasteiger partial charge in [-0.2, -0.15) is 0 Å². The second kappa shape index (κ2) is 14.2. The van der Waals surface area contributed by atoms with Crippen LogP contribution in [0.2, 0.25) is 0 Å². The molecule has 1 saturated heterocycles. The average molecular weight is 611 g/mol. The van der Waals surface area contributed by atoms with Crippen LogP contribution in [0, 0.1) is 0 Å². The van der Waals surface area contributed by atoms with Gasteiger partial charge in [0.05, 0.1) is 13.2 Å². The number of aromatic nitrogens is 4. The third-order valence-corrected chi connectivity index (χ3v) is 8.61. The molecule has 2 aliphatic rings. The smallest absolute Gasteiger partial charge is 0.347 e. The number of hydrogen-bond acceptors (Lipinski definition) is 13. The number of rotatable bonds is 15. The van der Waals surface area contributed by atoms with Gasteiger partial charge in [0.25, 0.3) is 11.4 Å². The summed E-state index contributed by atoms with van der Waals surface area (Å²) in [6, 6.07) is 0. The fraction of sp³-hybridized carbons (Fsp3) is 0.542. The number of amides is 2. The summed E-state index contributed by atoms with van der Waals surface area (Å²) in [6.45, 7) is 2.79. The Morgan fingerprint density at radius 2 is 1.90 bits per heavy atom. The molecule has 1 aromatic heterocycles. The van der Waals surface area contributed by atoms with Gasteiger partial charge in [0, 0.05) is 43.8 Å². The predicted molar refractivity (Wildman–Crippen MR) is 144 cm³/mol. The summed E-state index contributed by atoms with van der Waals surface area (Å²) < 4.78 is 11.4. The number of thioether (sulfide) groups is 2. The molecule has 2 atom stereocenters. The highest BCUT2D eigenvalue weighted by Crippen LogP contribution is 2.48. The average Bonchev–Trinajstić information content (AvgIpc) is 3.36. The molecule has 0 spiro atoms. The fourth-order valence-electron chi connectivity index (χ4n) is 4.12. The first-order valence-corrected chi connectivity index (χ1v) is 14.7. The van der Waals surface area contributed by atoms with Crippen molar-refractivity contribution in [1.82, 2.24) is 30.0 Å². The van der Waals surface area contributed by atoms with E-state index in [1.54, 1.807) is 7.05 Å². The second-order valence-corrected chi connectivity index (χ2v) is 10.8. The highest BCUT2D eigenvalue weighted by Gasteiger charge is 2.71. The molecule has 0 aliphatic carbocycles. The zero-order valence-electron chi connectivity index (χ0n) is 22.7. The lowest BCUT2D eigenvalue weighted by Gasteiger charge is -2.56. The number of hydrogen-bond donors (Lipinski definition) is 1. The van der Waals surface area contributed by atoms with Crippen LogP contribution < -0.4 is 0 Å². The van der Waals surface area contributed by atoms with Gasteiger partial charge in [0.1, 0.15) is 11.7 Å². The number of nitrogens with zero attached hydrogens (tertiary/aromatic N) is 6. The van der Waals surface area contributed by atoms with Crippen LogP contribution in [0.15, 0.2) is 28.7 Å². The molecule has 1 N–H and O–H groups in total. The number of unbranched alkanes of at least 4 members (excludes halogenated alkanes) is 2. The fourth-order valence-corrected chi connectivity index (χ4v) is 6.48. The molecule has 222 valence electrons. The van der Waals surface area contributed by atoms with Crippen molar-refractivity contribution in [2.24, 2.45) is 7.05 Å². The van der Waals surface area contributed by atoms with E-state index in [-0.39, 0.29) is 32.5 Å². The normalized spacial score (nSPS) is 19.3. The van der Waals surface area contributed by atoms with Gasteiger partial charge in [-0.15, -0.1) is 16.9 Å². The molecule has 0 saturated carbocycles. The number of aldehydes is 1. The third kappa shape index (κ3) is 6.61. The van der Waals surface area contributed by atoms with E-state index in [1.807, 2.05) is 0 Å². The zero-order chi connectivity index (χ0) is 30.2. The highest BCUT2D eigenvalue weighted by molar-refractivity contribution is 8.01. The maximum Gasteiger partial charge on any atom is 0.347 e. The summed E-state index contributed by atoms with van der Waals surface area (Å²) in [4.78, 5) is 77.9. The van der Waals surface area contributed by atoms with Crippen molar-refractivity contribution < 1.29 is 43.3 Å². The van der Waals surface area contributed by atoms with E-state index in [1.165, 1.54) is 41.4 Å². The molecule has 2 amide bonds. The zero-order valence-corrected chi connectivity index (χ0v) is 24.3. The predicted octanol–water partition coefficient (Wildman–Crippen LogP) is 0.523. The Morgan fingerprint density at radius 3 is 2.46 bits per heavy atom. The van der Waals surface area contributed by atoms with Crippen molar-refractivity contribution >= 4 is 59.5 Å². The highest BCUT2D eigenvalue weighted by atomic mass is 32.2. The standard InChI is InChI=1S/C24H30N6O9S2/c1-4-38-18(33)16(19(34)39-5-2)12-30(17(32)9-7-6-8-10-31)24(22(36)37)20(35)29-11-15(13-40-21(24)29)14-41-23-25-26-27-28(23)3/h10-12,21H,4-9,13-14H2,1-3H3,(H,36,37)/t21-,24?/m0/s1. The molecule has 0 aromatic carbocycles. The topological polar surface area (TPSA) is 191 Å². The SMILES string of the molecule is CCOC(=O)C(=CN(C(=O)CCCCC=O)C1(C(=O)O)C(=O)N2C=C(CSc3nnnn3C)CS[C@H]21)C(=O)OCC. The van der Waals surface area contributed by atoms with Gasteiger partial charge < -0.3 is 24.3 Å². The van der Waals surface area contributed by atoms with E-state index >= 15 is 0 Å². The maximum atomic E-state index is 13.6. The van der Waals surface area contributed by atoms with Crippen molar-refractivity contribution in [2.75, 3.05) is 24.7 Å². The van der Waals surface area contributed by atoms with Gasteiger partial charge in [-0.1, -0.05) is 11.8 Å². The van der Waals surface area contributed by atoms with E-state index in [0.717, 1.165) is 23.5 Å². The Morgan fingerprint density at radius 1 is 1.22 bits per heavy atom. The lowest BCUT2D eigenvalue weighted by Crippen LogP contribution is -2.81. The first-order chi connectivity index (χ1) is 19.6. The van der Waals surface area contributed by atoms with E-state index in [2.05, 4.69) is 15.5 Å². The first kappa shape index (κ1) is 31.8. The van der Waals surface area contributed by atoms with E-state index < -0.39 is 46.2 Å². The molecule has 3 rings (SSSR count). The number of carbonyl (C=O) groups is 6. The second-order valence-electron chi connectivity index (χ2n) is 8.77. The molecule has 1 aromatic rings. The van der Waals surface area contributed by atoms with Crippen LogP contribution in [0.1, 0.15) is 39.5 Å². The largest absolute Gasteiger partial charge is 0.479 e.